The lowest BCUT2D eigenvalue weighted by Gasteiger charge is -2.37. The van der Waals surface area contributed by atoms with Crippen LogP contribution in [0.5, 0.6) is 0 Å². The van der Waals surface area contributed by atoms with Gasteiger partial charge in [0.2, 0.25) is 0 Å². The Bertz CT molecular complexity index is 326. The Kier molecular flexibility index (Phi) is 2.75. The third-order valence-corrected chi connectivity index (χ3v) is 3.47. The summed E-state index contributed by atoms with van der Waals surface area (Å²) < 4.78 is 15.9. The van der Waals surface area contributed by atoms with Gasteiger partial charge < -0.3 is 14.2 Å². The van der Waals surface area contributed by atoms with Crippen LogP contribution in [0.3, 0.4) is 0 Å². The molecule has 0 bridgehead atoms. The van der Waals surface area contributed by atoms with Gasteiger partial charge in [0.1, 0.15) is 5.60 Å². The number of carbonyl (C=O) groups is 2. The van der Waals surface area contributed by atoms with E-state index in [0.717, 1.165) is 0 Å². The van der Waals surface area contributed by atoms with Gasteiger partial charge in [-0.2, -0.15) is 0 Å². The van der Waals surface area contributed by atoms with Gasteiger partial charge in [-0.3, -0.25) is 4.79 Å². The summed E-state index contributed by atoms with van der Waals surface area (Å²) in [6.45, 7) is 2.60. The fourth-order valence-electron chi connectivity index (χ4n) is 2.52. The average Bonchev–Trinajstić information content (AvgIpc) is 2.45. The van der Waals surface area contributed by atoms with Crippen molar-refractivity contribution in [2.24, 2.45) is 0 Å². The van der Waals surface area contributed by atoms with E-state index < -0.39 is 17.2 Å². The van der Waals surface area contributed by atoms with Gasteiger partial charge in [0.05, 0.1) is 13.7 Å². The molecule has 5 heteroatoms. The molecule has 1 saturated carbocycles. The number of Topliss-reactive ketones (excluding diaryl/α,β-unsaturated/α-hetero) is 1. The van der Waals surface area contributed by atoms with Crippen molar-refractivity contribution >= 4 is 11.8 Å². The molecule has 0 amide bonds. The summed E-state index contributed by atoms with van der Waals surface area (Å²) in [5, 5.41) is 0. The summed E-state index contributed by atoms with van der Waals surface area (Å²) in [5.74, 6) is -0.872. The van der Waals surface area contributed by atoms with Crippen molar-refractivity contribution in [2.45, 2.75) is 37.4 Å². The van der Waals surface area contributed by atoms with Gasteiger partial charge in [-0.25, -0.2) is 4.79 Å². The molecule has 0 aromatic heterocycles. The molecule has 1 aliphatic carbocycles. The highest BCUT2D eigenvalue weighted by molar-refractivity contribution is 6.10. The highest BCUT2D eigenvalue weighted by Gasteiger charge is 2.66. The Balaban J connectivity index is 2.46. The molecule has 0 radical (unpaired) electrons. The summed E-state index contributed by atoms with van der Waals surface area (Å²) in [6, 6.07) is 0. The van der Waals surface area contributed by atoms with Gasteiger partial charge in [0.25, 0.3) is 5.60 Å². The Labute approximate surface area is 94.0 Å². The van der Waals surface area contributed by atoms with E-state index in [-0.39, 0.29) is 5.78 Å². The van der Waals surface area contributed by atoms with Gasteiger partial charge >= 0.3 is 5.97 Å². The topological polar surface area (TPSA) is 61.8 Å². The van der Waals surface area contributed by atoms with E-state index in [4.69, 9.17) is 14.2 Å². The van der Waals surface area contributed by atoms with Crippen molar-refractivity contribution in [2.75, 3.05) is 20.3 Å². The first-order valence-corrected chi connectivity index (χ1v) is 5.46. The second-order valence-corrected chi connectivity index (χ2v) is 4.38. The van der Waals surface area contributed by atoms with Crippen LogP contribution >= 0.6 is 0 Å². The number of ketones is 1. The third-order valence-electron chi connectivity index (χ3n) is 3.47. The molecule has 1 saturated heterocycles. The number of esters is 1. The Morgan fingerprint density at radius 1 is 1.38 bits per heavy atom. The molecule has 2 fully saturated rings. The largest absolute Gasteiger partial charge is 0.466 e. The first-order chi connectivity index (χ1) is 7.57. The van der Waals surface area contributed by atoms with Crippen LogP contribution < -0.4 is 0 Å². The maximum Gasteiger partial charge on any atom is 0.349 e. The van der Waals surface area contributed by atoms with Gasteiger partial charge in [-0.15, -0.1) is 0 Å². The highest BCUT2D eigenvalue weighted by Crippen LogP contribution is 2.44. The molecule has 0 unspecified atom stereocenters. The van der Waals surface area contributed by atoms with Crippen LogP contribution in [-0.2, 0) is 23.8 Å². The van der Waals surface area contributed by atoms with Gasteiger partial charge in [-0.1, -0.05) is 0 Å². The molecule has 0 spiro atoms. The number of hydrogen-bond acceptors (Lipinski definition) is 5. The van der Waals surface area contributed by atoms with Gasteiger partial charge in [0, 0.05) is 13.0 Å². The summed E-state index contributed by atoms with van der Waals surface area (Å²) in [4.78, 5) is 23.9. The predicted octanol–water partition coefficient (Wildman–Crippen LogP) is 0.457. The van der Waals surface area contributed by atoms with Crippen molar-refractivity contribution < 1.29 is 23.8 Å². The van der Waals surface area contributed by atoms with Gasteiger partial charge in [-0.05, 0) is 19.8 Å². The second kappa shape index (κ2) is 3.82. The minimum absolute atomic E-state index is 0.233. The van der Waals surface area contributed by atoms with E-state index in [1.807, 2.05) is 0 Å². The van der Waals surface area contributed by atoms with Crippen LogP contribution in [0.25, 0.3) is 0 Å². The lowest BCUT2D eigenvalue weighted by Crippen LogP contribution is -2.60. The first kappa shape index (κ1) is 11.5. The highest BCUT2D eigenvalue weighted by atomic mass is 16.6. The molecule has 2 atom stereocenters. The smallest absolute Gasteiger partial charge is 0.349 e. The molecule has 2 aliphatic rings. The van der Waals surface area contributed by atoms with Crippen LogP contribution in [0.4, 0.5) is 0 Å². The molecule has 0 aromatic rings. The lowest BCUT2D eigenvalue weighted by molar-refractivity contribution is -0.197. The summed E-state index contributed by atoms with van der Waals surface area (Å²) in [6.07, 6.45) is 1.48. The molecule has 1 aliphatic heterocycles. The van der Waals surface area contributed by atoms with Gasteiger partial charge in [0.15, 0.2) is 5.78 Å². The first-order valence-electron chi connectivity index (χ1n) is 5.46. The van der Waals surface area contributed by atoms with Crippen LogP contribution in [0.15, 0.2) is 0 Å². The average molecular weight is 228 g/mol. The van der Waals surface area contributed by atoms with Crippen molar-refractivity contribution in [1.82, 2.24) is 0 Å². The fraction of sp³-hybridized carbons (Fsp3) is 0.818. The predicted molar refractivity (Wildman–Crippen MR) is 53.9 cm³/mol. The molecule has 5 nitrogen and oxygen atoms in total. The molecular weight excluding hydrogens is 212 g/mol. The summed E-state index contributed by atoms with van der Waals surface area (Å²) >= 11 is 0. The number of hydrogen-bond donors (Lipinski definition) is 0. The van der Waals surface area contributed by atoms with Crippen molar-refractivity contribution in [3.05, 3.63) is 0 Å². The molecule has 2 rings (SSSR count). The zero-order chi connectivity index (χ0) is 11.8. The Morgan fingerprint density at radius 2 is 2.06 bits per heavy atom. The number of carbonyl (C=O) groups excluding carboxylic acids is 2. The standard InChI is InChI=1S/C11H16O5/c1-10-5-4-8(12)11(10,9(13)14-2)16-7-3-6-15-10/h3-7H2,1-2H3/t10-,11-/m1/s1. The van der Waals surface area contributed by atoms with Crippen LogP contribution in [0.1, 0.15) is 26.2 Å². The zero-order valence-corrected chi connectivity index (χ0v) is 9.58. The number of ether oxygens (including phenoxy) is 3. The van der Waals surface area contributed by atoms with E-state index in [0.29, 0.717) is 32.5 Å². The van der Waals surface area contributed by atoms with Crippen LogP contribution in [-0.4, -0.2) is 43.3 Å². The number of fused-ring (bicyclic) bond motifs is 1. The van der Waals surface area contributed by atoms with Crippen molar-refractivity contribution in [1.29, 1.82) is 0 Å². The third kappa shape index (κ3) is 1.31. The summed E-state index contributed by atoms with van der Waals surface area (Å²) in [7, 11) is 1.26. The van der Waals surface area contributed by atoms with E-state index in [1.54, 1.807) is 6.92 Å². The van der Waals surface area contributed by atoms with Crippen LogP contribution in [0, 0.1) is 0 Å². The maximum absolute atomic E-state index is 12.0. The quantitative estimate of drug-likeness (QED) is 0.482. The second-order valence-electron chi connectivity index (χ2n) is 4.38. The van der Waals surface area contributed by atoms with Crippen LogP contribution in [0.2, 0.25) is 0 Å². The van der Waals surface area contributed by atoms with Crippen molar-refractivity contribution in [3.8, 4) is 0 Å². The minimum atomic E-state index is -1.54. The number of methoxy groups -OCH3 is 1. The maximum atomic E-state index is 12.0. The SMILES string of the molecule is COC(=O)[C@@]12OCCCO[C@]1(C)CCC2=O. The molecule has 0 N–H and O–H groups in total. The van der Waals surface area contributed by atoms with E-state index >= 15 is 0 Å². The Hall–Kier alpha value is -0.940. The normalized spacial score (nSPS) is 39.0. The summed E-state index contributed by atoms with van der Waals surface area (Å²) in [5.41, 5.74) is -2.42. The lowest BCUT2D eigenvalue weighted by atomic mass is 9.86. The number of rotatable bonds is 1. The fourth-order valence-corrected chi connectivity index (χ4v) is 2.52. The van der Waals surface area contributed by atoms with Crippen molar-refractivity contribution in [3.63, 3.8) is 0 Å². The molecule has 0 aromatic carbocycles. The molecule has 16 heavy (non-hydrogen) atoms. The molecule has 1 heterocycles. The van der Waals surface area contributed by atoms with E-state index in [1.165, 1.54) is 7.11 Å². The molecular formula is C11H16O5. The Morgan fingerprint density at radius 3 is 2.75 bits per heavy atom. The zero-order valence-electron chi connectivity index (χ0n) is 9.58. The monoisotopic (exact) mass is 228 g/mol. The molecule has 90 valence electrons. The minimum Gasteiger partial charge on any atom is -0.466 e. The van der Waals surface area contributed by atoms with E-state index in [9.17, 15) is 9.59 Å². The van der Waals surface area contributed by atoms with E-state index in [2.05, 4.69) is 0 Å².